The number of rotatable bonds is 7. The number of nitrogens with one attached hydrogen (secondary N) is 1. The Hall–Kier alpha value is -1.29. The van der Waals surface area contributed by atoms with E-state index in [1.54, 1.807) is 13.2 Å². The third-order valence-electron chi connectivity index (χ3n) is 3.50. The highest BCUT2D eigenvalue weighted by Gasteiger charge is 2.26. The van der Waals surface area contributed by atoms with Crippen molar-refractivity contribution in [3.8, 4) is 11.5 Å². The first-order valence-corrected chi connectivity index (χ1v) is 6.97. The van der Waals surface area contributed by atoms with E-state index in [1.165, 1.54) is 13.2 Å². The fraction of sp³-hybridized carbons (Fsp3) is 0.625. The summed E-state index contributed by atoms with van der Waals surface area (Å²) < 4.78 is 24.7. The van der Waals surface area contributed by atoms with Gasteiger partial charge in [-0.2, -0.15) is 0 Å². The number of ether oxygens (including phenoxy) is 2. The third kappa shape index (κ3) is 4.10. The quantitative estimate of drug-likeness (QED) is 0.830. The number of methoxy groups -OCH3 is 2. The van der Waals surface area contributed by atoms with Crippen molar-refractivity contribution in [1.82, 2.24) is 5.32 Å². The molecule has 1 rings (SSSR count). The van der Waals surface area contributed by atoms with Gasteiger partial charge in [-0.3, -0.25) is 0 Å². The standard InChI is InChI=1S/C16H26FNO2/c1-11(2)18-8-7-16(3,4)12-9-14(19-5)15(20-6)10-13(12)17/h9-11,18H,7-8H2,1-6H3. The lowest BCUT2D eigenvalue weighted by Gasteiger charge is -2.27. The molecule has 4 heteroatoms. The van der Waals surface area contributed by atoms with Crippen molar-refractivity contribution in [2.45, 2.75) is 45.6 Å². The summed E-state index contributed by atoms with van der Waals surface area (Å²) in [5.41, 5.74) is 0.381. The van der Waals surface area contributed by atoms with Crippen LogP contribution in [-0.4, -0.2) is 26.8 Å². The molecule has 0 saturated carbocycles. The lowest BCUT2D eigenvalue weighted by molar-refractivity contribution is 0.347. The van der Waals surface area contributed by atoms with E-state index in [4.69, 9.17) is 9.47 Å². The predicted octanol–water partition coefficient (Wildman–Crippen LogP) is 3.51. The van der Waals surface area contributed by atoms with E-state index in [-0.39, 0.29) is 11.2 Å². The normalized spacial score (nSPS) is 11.8. The molecule has 0 spiro atoms. The van der Waals surface area contributed by atoms with Crippen LogP contribution < -0.4 is 14.8 Å². The van der Waals surface area contributed by atoms with Gasteiger partial charge in [0.15, 0.2) is 11.5 Å². The molecule has 1 aromatic carbocycles. The van der Waals surface area contributed by atoms with Crippen LogP contribution in [0.1, 0.15) is 39.7 Å². The van der Waals surface area contributed by atoms with Gasteiger partial charge in [-0.25, -0.2) is 4.39 Å². The zero-order valence-corrected chi connectivity index (χ0v) is 13.3. The first-order chi connectivity index (χ1) is 9.31. The predicted molar refractivity (Wildman–Crippen MR) is 80.3 cm³/mol. The van der Waals surface area contributed by atoms with Gasteiger partial charge in [-0.05, 0) is 30.0 Å². The zero-order chi connectivity index (χ0) is 15.3. The van der Waals surface area contributed by atoms with Gasteiger partial charge in [0.1, 0.15) is 5.82 Å². The summed E-state index contributed by atoms with van der Waals surface area (Å²) >= 11 is 0. The van der Waals surface area contributed by atoms with Gasteiger partial charge >= 0.3 is 0 Å². The van der Waals surface area contributed by atoms with Gasteiger partial charge < -0.3 is 14.8 Å². The molecule has 0 amide bonds. The lowest BCUT2D eigenvalue weighted by atomic mass is 9.81. The fourth-order valence-electron chi connectivity index (χ4n) is 2.18. The molecule has 0 aliphatic carbocycles. The van der Waals surface area contributed by atoms with E-state index in [0.29, 0.717) is 23.1 Å². The second kappa shape index (κ2) is 6.93. The zero-order valence-electron chi connectivity index (χ0n) is 13.3. The van der Waals surface area contributed by atoms with E-state index >= 15 is 0 Å². The number of benzene rings is 1. The van der Waals surface area contributed by atoms with Crippen molar-refractivity contribution in [1.29, 1.82) is 0 Å². The molecule has 0 unspecified atom stereocenters. The summed E-state index contributed by atoms with van der Waals surface area (Å²) in [6, 6.07) is 3.57. The molecule has 0 fully saturated rings. The fourth-order valence-corrected chi connectivity index (χ4v) is 2.18. The molecule has 1 aromatic rings. The van der Waals surface area contributed by atoms with E-state index in [2.05, 4.69) is 19.2 Å². The maximum absolute atomic E-state index is 14.3. The Morgan fingerprint density at radius 3 is 2.20 bits per heavy atom. The van der Waals surface area contributed by atoms with Crippen molar-refractivity contribution >= 4 is 0 Å². The van der Waals surface area contributed by atoms with Gasteiger partial charge in [0, 0.05) is 12.1 Å². The summed E-state index contributed by atoms with van der Waals surface area (Å²) in [6.07, 6.45) is 0.845. The minimum Gasteiger partial charge on any atom is -0.493 e. The van der Waals surface area contributed by atoms with Crippen molar-refractivity contribution in [2.24, 2.45) is 0 Å². The van der Waals surface area contributed by atoms with Crippen LogP contribution in [0.5, 0.6) is 11.5 Å². The summed E-state index contributed by atoms with van der Waals surface area (Å²) in [6.45, 7) is 9.13. The van der Waals surface area contributed by atoms with E-state index < -0.39 is 0 Å². The Balaban J connectivity index is 2.98. The molecule has 20 heavy (non-hydrogen) atoms. The van der Waals surface area contributed by atoms with Crippen LogP contribution in [-0.2, 0) is 5.41 Å². The third-order valence-corrected chi connectivity index (χ3v) is 3.50. The van der Waals surface area contributed by atoms with Gasteiger partial charge in [0.2, 0.25) is 0 Å². The maximum atomic E-state index is 14.3. The van der Waals surface area contributed by atoms with Gasteiger partial charge in [-0.1, -0.05) is 27.7 Å². The van der Waals surface area contributed by atoms with E-state index in [1.807, 2.05) is 13.8 Å². The van der Waals surface area contributed by atoms with Crippen LogP contribution in [0.4, 0.5) is 4.39 Å². The molecular weight excluding hydrogens is 257 g/mol. The van der Waals surface area contributed by atoms with Crippen LogP contribution >= 0.6 is 0 Å². The summed E-state index contributed by atoms with van der Waals surface area (Å²) in [5.74, 6) is 0.732. The molecule has 0 aliphatic rings. The Morgan fingerprint density at radius 2 is 1.70 bits per heavy atom. The van der Waals surface area contributed by atoms with Crippen molar-refractivity contribution < 1.29 is 13.9 Å². The molecule has 0 aliphatic heterocycles. The molecule has 0 atom stereocenters. The average molecular weight is 283 g/mol. The van der Waals surface area contributed by atoms with Gasteiger partial charge in [0.05, 0.1) is 14.2 Å². The Labute approximate surface area is 121 Å². The Morgan fingerprint density at radius 1 is 1.15 bits per heavy atom. The molecule has 0 bridgehead atoms. The number of hydrogen-bond acceptors (Lipinski definition) is 3. The highest BCUT2D eigenvalue weighted by atomic mass is 19.1. The topological polar surface area (TPSA) is 30.5 Å². The smallest absolute Gasteiger partial charge is 0.163 e. The van der Waals surface area contributed by atoms with Crippen LogP contribution in [0.3, 0.4) is 0 Å². The first kappa shape index (κ1) is 16.8. The lowest BCUT2D eigenvalue weighted by Crippen LogP contribution is -2.30. The molecular formula is C16H26FNO2. The maximum Gasteiger partial charge on any atom is 0.163 e. The van der Waals surface area contributed by atoms with Gasteiger partial charge in [-0.15, -0.1) is 0 Å². The van der Waals surface area contributed by atoms with Crippen molar-refractivity contribution in [3.05, 3.63) is 23.5 Å². The van der Waals surface area contributed by atoms with Crippen LogP contribution in [0.15, 0.2) is 12.1 Å². The van der Waals surface area contributed by atoms with Crippen LogP contribution in [0.25, 0.3) is 0 Å². The molecule has 3 nitrogen and oxygen atoms in total. The molecule has 0 heterocycles. The van der Waals surface area contributed by atoms with E-state index in [0.717, 1.165) is 13.0 Å². The largest absolute Gasteiger partial charge is 0.493 e. The number of halogens is 1. The molecule has 114 valence electrons. The van der Waals surface area contributed by atoms with Crippen molar-refractivity contribution in [2.75, 3.05) is 20.8 Å². The summed E-state index contributed by atoms with van der Waals surface area (Å²) in [5, 5.41) is 3.36. The second-order valence-electron chi connectivity index (χ2n) is 5.93. The molecule has 0 saturated heterocycles. The summed E-state index contributed by atoms with van der Waals surface area (Å²) in [7, 11) is 3.07. The first-order valence-electron chi connectivity index (χ1n) is 6.97. The van der Waals surface area contributed by atoms with Crippen LogP contribution in [0.2, 0.25) is 0 Å². The van der Waals surface area contributed by atoms with Gasteiger partial charge in [0.25, 0.3) is 0 Å². The monoisotopic (exact) mass is 283 g/mol. The van der Waals surface area contributed by atoms with Crippen molar-refractivity contribution in [3.63, 3.8) is 0 Å². The second-order valence-corrected chi connectivity index (χ2v) is 5.93. The highest BCUT2D eigenvalue weighted by molar-refractivity contribution is 5.45. The SMILES string of the molecule is COc1cc(F)c(C(C)(C)CCNC(C)C)cc1OC. The molecule has 0 aromatic heterocycles. The van der Waals surface area contributed by atoms with Crippen LogP contribution in [0, 0.1) is 5.82 Å². The Bertz CT molecular complexity index is 444. The number of hydrogen-bond donors (Lipinski definition) is 1. The molecule has 1 N–H and O–H groups in total. The average Bonchev–Trinajstić information content (AvgIpc) is 2.37. The molecule has 0 radical (unpaired) electrons. The summed E-state index contributed by atoms with van der Waals surface area (Å²) in [4.78, 5) is 0. The highest BCUT2D eigenvalue weighted by Crippen LogP contribution is 2.36. The minimum absolute atomic E-state index is 0.253. The Kier molecular flexibility index (Phi) is 5.81. The minimum atomic E-state index is -0.272. The van der Waals surface area contributed by atoms with E-state index in [9.17, 15) is 4.39 Å².